The summed E-state index contributed by atoms with van der Waals surface area (Å²) in [6, 6.07) is 6.23. The van der Waals surface area contributed by atoms with Crippen molar-refractivity contribution in [3.05, 3.63) is 35.9 Å². The summed E-state index contributed by atoms with van der Waals surface area (Å²) in [5.41, 5.74) is 10.7. The topological polar surface area (TPSA) is 178 Å². The van der Waals surface area contributed by atoms with Crippen LogP contribution in [-0.2, 0) is 28.6 Å². The first-order valence-corrected chi connectivity index (χ1v) is 20.1. The minimum atomic E-state index is -1.13. The molecule has 2 unspecified atom stereocenters. The number of ketones is 1. The van der Waals surface area contributed by atoms with E-state index in [1.165, 1.54) is 20.6 Å². The molecule has 306 valence electrons. The second kappa shape index (κ2) is 25.4. The summed E-state index contributed by atoms with van der Waals surface area (Å²) in [5, 5.41) is 7.03. The fraction of sp³-hybridized carbons (Fsp3) is 0.732. The van der Waals surface area contributed by atoms with Gasteiger partial charge in [0.05, 0.1) is 32.7 Å². The molecule has 1 fully saturated rings. The van der Waals surface area contributed by atoms with Crippen molar-refractivity contribution in [2.24, 2.45) is 29.4 Å². The van der Waals surface area contributed by atoms with Gasteiger partial charge in [0, 0.05) is 19.0 Å². The Morgan fingerprint density at radius 1 is 0.796 bits per heavy atom. The van der Waals surface area contributed by atoms with Crippen LogP contribution >= 0.6 is 0 Å². The van der Waals surface area contributed by atoms with Crippen LogP contribution in [0.3, 0.4) is 0 Å². The Bertz CT molecular complexity index is 1270. The largest absolute Gasteiger partial charge is 0.460 e. The lowest BCUT2D eigenvalue weighted by Crippen LogP contribution is -2.59. The predicted octanol–water partition coefficient (Wildman–Crippen LogP) is 6.60. The fourth-order valence-corrected chi connectivity index (χ4v) is 7.12. The van der Waals surface area contributed by atoms with E-state index in [9.17, 15) is 24.0 Å². The molecular weight excluding hydrogens is 690 g/mol. The van der Waals surface area contributed by atoms with E-state index in [-0.39, 0.29) is 30.7 Å². The number of nitrogens with one attached hydrogen (secondary N) is 3. The molecule has 0 saturated heterocycles. The second-order valence-electron chi connectivity index (χ2n) is 15.4. The molecule has 3 amide bonds. The molecule has 54 heavy (non-hydrogen) atoms. The number of nitrogens with zero attached hydrogens (tertiary/aromatic N) is 1. The molecule has 0 radical (unpaired) electrons. The molecule has 5 N–H and O–H groups in total. The molecule has 0 spiro atoms. The van der Waals surface area contributed by atoms with Crippen molar-refractivity contribution >= 4 is 29.8 Å². The van der Waals surface area contributed by atoms with Crippen molar-refractivity contribution in [1.29, 1.82) is 0 Å². The van der Waals surface area contributed by atoms with Crippen LogP contribution < -0.4 is 21.8 Å². The van der Waals surface area contributed by atoms with Gasteiger partial charge in [0.15, 0.2) is 5.78 Å². The van der Waals surface area contributed by atoms with E-state index in [4.69, 9.17) is 19.9 Å². The van der Waals surface area contributed by atoms with Gasteiger partial charge < -0.3 is 30.6 Å². The molecule has 0 bridgehead atoms. The van der Waals surface area contributed by atoms with E-state index in [2.05, 4.69) is 23.0 Å². The minimum Gasteiger partial charge on any atom is -0.460 e. The summed E-state index contributed by atoms with van der Waals surface area (Å²) in [4.78, 5) is 67.1. The number of hydrogen-bond acceptors (Lipinski definition) is 10. The molecule has 1 aliphatic rings. The van der Waals surface area contributed by atoms with Crippen LogP contribution in [0.5, 0.6) is 0 Å². The Labute approximate surface area is 323 Å². The lowest BCUT2D eigenvalue weighted by Gasteiger charge is -2.38. The molecule has 2 rings (SSSR count). The van der Waals surface area contributed by atoms with Gasteiger partial charge in [-0.25, -0.2) is 14.6 Å². The quantitative estimate of drug-likeness (QED) is 0.0389. The first-order chi connectivity index (χ1) is 25.8. The van der Waals surface area contributed by atoms with Gasteiger partial charge in [0.1, 0.15) is 12.1 Å². The Morgan fingerprint density at radius 2 is 1.35 bits per heavy atom. The van der Waals surface area contributed by atoms with Crippen LogP contribution in [0.15, 0.2) is 30.3 Å². The zero-order valence-corrected chi connectivity index (χ0v) is 33.9. The van der Waals surface area contributed by atoms with E-state index in [1.807, 2.05) is 44.2 Å². The van der Waals surface area contributed by atoms with Crippen molar-refractivity contribution in [3.8, 4) is 0 Å². The van der Waals surface area contributed by atoms with E-state index in [1.54, 1.807) is 18.9 Å². The maximum Gasteiger partial charge on any atom is 0.407 e. The maximum absolute atomic E-state index is 14.8. The number of ether oxygens (including phenoxy) is 3. The number of nitrogens with two attached hydrogens (primary N) is 1. The lowest BCUT2D eigenvalue weighted by atomic mass is 9.80. The van der Waals surface area contributed by atoms with Gasteiger partial charge in [-0.2, -0.15) is 0 Å². The van der Waals surface area contributed by atoms with Gasteiger partial charge in [-0.3, -0.25) is 19.8 Å². The Balaban J connectivity index is 2.60. The molecule has 5 atom stereocenters. The average Bonchev–Trinajstić information content (AvgIpc) is 3.15. The molecule has 1 aliphatic carbocycles. The fourth-order valence-electron chi connectivity index (χ4n) is 7.12. The highest BCUT2D eigenvalue weighted by Gasteiger charge is 2.43. The second-order valence-corrected chi connectivity index (χ2v) is 15.4. The van der Waals surface area contributed by atoms with Gasteiger partial charge >= 0.3 is 18.2 Å². The normalized spacial score (nSPS) is 16.2. The number of carbonyl (C=O) groups excluding carboxylic acids is 5. The highest BCUT2D eigenvalue weighted by atomic mass is 16.5. The van der Waals surface area contributed by atoms with E-state index in [0.717, 1.165) is 64.2 Å². The summed E-state index contributed by atoms with van der Waals surface area (Å²) >= 11 is 0. The van der Waals surface area contributed by atoms with E-state index >= 15 is 0 Å². The van der Waals surface area contributed by atoms with Crippen LogP contribution in [0.25, 0.3) is 0 Å². The monoisotopic (exact) mass is 760 g/mol. The van der Waals surface area contributed by atoms with Crippen molar-refractivity contribution < 1.29 is 38.2 Å². The molecule has 1 saturated carbocycles. The number of methoxy groups -OCH3 is 2. The smallest absolute Gasteiger partial charge is 0.407 e. The van der Waals surface area contributed by atoms with Gasteiger partial charge in [0.2, 0.25) is 0 Å². The van der Waals surface area contributed by atoms with Gasteiger partial charge in [-0.1, -0.05) is 123 Å². The Morgan fingerprint density at radius 3 is 1.91 bits per heavy atom. The number of Topliss-reactive ketones (excluding diaryl/α,β-unsaturated/α-hetero) is 1. The van der Waals surface area contributed by atoms with Crippen molar-refractivity contribution in [2.45, 2.75) is 142 Å². The third kappa shape index (κ3) is 16.3. The number of rotatable bonds is 24. The highest BCUT2D eigenvalue weighted by Crippen LogP contribution is 2.30. The minimum absolute atomic E-state index is 0.0615. The predicted molar refractivity (Wildman–Crippen MR) is 209 cm³/mol. The number of benzene rings is 1. The first kappa shape index (κ1) is 46.4. The number of hydrogen-bond donors (Lipinski definition) is 4. The number of alkyl carbamates (subject to hydrolysis) is 2. The molecule has 13 nitrogen and oxygen atoms in total. The van der Waals surface area contributed by atoms with E-state index in [0.29, 0.717) is 18.5 Å². The van der Waals surface area contributed by atoms with Gasteiger partial charge in [-0.15, -0.1) is 0 Å². The summed E-state index contributed by atoms with van der Waals surface area (Å²) < 4.78 is 16.0. The SMILES string of the molecule is CCCCCCCCCC(=O)O[C@@H](CN(CC1CCCCC1)NC(=O)[C@@H](NC(=O)OC)C(C)C)C(C(=O)[C@@H](NC(=O)OC)C(C)C)C(N)c1ccccc1. The van der Waals surface area contributed by atoms with Crippen molar-refractivity contribution in [3.63, 3.8) is 0 Å². The maximum atomic E-state index is 14.8. The van der Waals surface area contributed by atoms with Gasteiger partial charge in [-0.05, 0) is 42.6 Å². The molecule has 0 heterocycles. The molecule has 0 aromatic heterocycles. The summed E-state index contributed by atoms with van der Waals surface area (Å²) in [6.07, 6.45) is 9.81. The molecule has 1 aromatic rings. The summed E-state index contributed by atoms with van der Waals surface area (Å²) in [7, 11) is 2.46. The van der Waals surface area contributed by atoms with Crippen molar-refractivity contribution in [1.82, 2.24) is 21.1 Å². The Hall–Kier alpha value is -3.71. The highest BCUT2D eigenvalue weighted by molar-refractivity contribution is 5.91. The van der Waals surface area contributed by atoms with E-state index < -0.39 is 60.0 Å². The molecule has 1 aromatic carbocycles. The van der Waals surface area contributed by atoms with Gasteiger partial charge in [0.25, 0.3) is 5.91 Å². The number of unbranched alkanes of at least 4 members (excludes halogenated alkanes) is 6. The average molecular weight is 760 g/mol. The number of carbonyl (C=O) groups is 5. The third-order valence-corrected chi connectivity index (χ3v) is 10.3. The van der Waals surface area contributed by atoms with Crippen molar-refractivity contribution in [2.75, 3.05) is 27.3 Å². The summed E-state index contributed by atoms with van der Waals surface area (Å²) in [5.74, 6) is -2.90. The van der Waals surface area contributed by atoms with Crippen LogP contribution in [0, 0.1) is 23.7 Å². The van der Waals surface area contributed by atoms with Crippen LogP contribution in [0.2, 0.25) is 0 Å². The molecular formula is C41H69N5O8. The third-order valence-electron chi connectivity index (χ3n) is 10.3. The first-order valence-electron chi connectivity index (χ1n) is 20.1. The number of hydrazine groups is 1. The number of esters is 1. The zero-order valence-electron chi connectivity index (χ0n) is 33.9. The molecule has 13 heteroatoms. The summed E-state index contributed by atoms with van der Waals surface area (Å²) in [6.45, 7) is 9.78. The number of amides is 3. The molecule has 0 aliphatic heterocycles. The lowest BCUT2D eigenvalue weighted by molar-refractivity contribution is -0.157. The van der Waals surface area contributed by atoms with Crippen LogP contribution in [0.4, 0.5) is 9.59 Å². The van der Waals surface area contributed by atoms with Crippen LogP contribution in [0.1, 0.15) is 130 Å². The standard InChI is InChI=1S/C41H69N5O8/c1-8-9-10-11-12-13-20-25-33(47)54-32(34(35(42)31-23-18-15-19-24-31)38(48)36(28(2)3)43-40(50)52-6)27-46(26-30-21-16-14-17-22-30)45-39(49)37(29(4)5)44-41(51)53-7/h15,18-19,23-24,28-30,32,34-37H,8-14,16-17,20-22,25-27,42H2,1-7H3,(H,43,50)(H,44,51)(H,45,49)/t32-,34?,35?,36-,37-/m0/s1. The Kier molecular flexibility index (Phi) is 21.8. The zero-order chi connectivity index (χ0) is 40.0. The van der Waals surface area contributed by atoms with Crippen LogP contribution in [-0.4, -0.2) is 80.4 Å².